The molecule has 1 aliphatic heterocycles. The minimum absolute atomic E-state index is 0.0894. The van der Waals surface area contributed by atoms with Gasteiger partial charge in [0.15, 0.2) is 0 Å². The van der Waals surface area contributed by atoms with Gasteiger partial charge in [0.05, 0.1) is 22.9 Å². The number of benzene rings is 1. The van der Waals surface area contributed by atoms with E-state index in [1.165, 1.54) is 4.31 Å². The van der Waals surface area contributed by atoms with Crippen LogP contribution in [0.5, 0.6) is 0 Å². The molecular weight excluding hydrogens is 312 g/mol. The summed E-state index contributed by atoms with van der Waals surface area (Å²) < 4.78 is 27.2. The van der Waals surface area contributed by atoms with Crippen molar-refractivity contribution in [3.8, 4) is 0 Å². The average Bonchev–Trinajstić information content (AvgIpc) is 2.98. The lowest BCUT2D eigenvalue weighted by Crippen LogP contribution is -2.48. The van der Waals surface area contributed by atoms with Gasteiger partial charge < -0.3 is 5.11 Å². The number of sulfonamides is 1. The van der Waals surface area contributed by atoms with Crippen molar-refractivity contribution >= 4 is 20.9 Å². The molecule has 0 aliphatic carbocycles. The highest BCUT2D eigenvalue weighted by Gasteiger charge is 2.42. The molecule has 1 N–H and O–H groups in total. The zero-order valence-electron chi connectivity index (χ0n) is 13.4. The first-order valence-electron chi connectivity index (χ1n) is 7.83. The van der Waals surface area contributed by atoms with Crippen molar-refractivity contribution in [2.75, 3.05) is 6.54 Å². The summed E-state index contributed by atoms with van der Waals surface area (Å²) in [7, 11) is -3.50. The third-order valence-electron chi connectivity index (χ3n) is 4.43. The maximum atomic E-state index is 12.9. The highest BCUT2D eigenvalue weighted by Crippen LogP contribution is 2.31. The van der Waals surface area contributed by atoms with Crippen LogP contribution in [0.3, 0.4) is 0 Å². The third-order valence-corrected chi connectivity index (χ3v) is 6.26. The van der Waals surface area contributed by atoms with E-state index in [4.69, 9.17) is 0 Å². The van der Waals surface area contributed by atoms with Crippen LogP contribution in [0.2, 0.25) is 0 Å². The largest absolute Gasteiger partial charge is 0.389 e. The molecule has 1 aliphatic rings. The highest BCUT2D eigenvalue weighted by atomic mass is 32.2. The Morgan fingerprint density at radius 1 is 1.30 bits per heavy atom. The fraction of sp³-hybridized carbons (Fsp3) is 0.471. The molecule has 1 atom stereocenters. The minimum Gasteiger partial charge on any atom is -0.389 e. The molecule has 3 rings (SSSR count). The monoisotopic (exact) mass is 334 g/mol. The van der Waals surface area contributed by atoms with E-state index in [-0.39, 0.29) is 11.8 Å². The molecule has 0 spiro atoms. The van der Waals surface area contributed by atoms with Crippen LogP contribution in [-0.2, 0) is 15.8 Å². The Hall–Kier alpha value is -1.50. The maximum absolute atomic E-state index is 12.9. The Balaban J connectivity index is 1.94. The van der Waals surface area contributed by atoms with Crippen LogP contribution in [-0.4, -0.2) is 41.0 Å². The van der Waals surface area contributed by atoms with E-state index in [1.807, 2.05) is 30.3 Å². The predicted molar refractivity (Wildman–Crippen MR) is 90.4 cm³/mol. The second-order valence-corrected chi connectivity index (χ2v) is 8.59. The van der Waals surface area contributed by atoms with Crippen molar-refractivity contribution in [1.82, 2.24) is 9.29 Å². The van der Waals surface area contributed by atoms with Crippen molar-refractivity contribution in [3.05, 3.63) is 42.1 Å². The lowest BCUT2D eigenvalue weighted by atomic mass is 9.98. The normalized spacial score (nSPS) is 20.2. The molecule has 0 radical (unpaired) electrons. The predicted octanol–water partition coefficient (Wildman–Crippen LogP) is 2.30. The molecule has 6 heteroatoms. The van der Waals surface area contributed by atoms with Crippen LogP contribution in [0.1, 0.15) is 32.3 Å². The fourth-order valence-corrected chi connectivity index (χ4v) is 5.29. The van der Waals surface area contributed by atoms with E-state index < -0.39 is 15.6 Å². The Bertz CT molecular complexity index is 807. The Labute approximate surface area is 137 Å². The number of hydrogen-bond acceptors (Lipinski definition) is 4. The molecule has 1 aromatic heterocycles. The van der Waals surface area contributed by atoms with Gasteiger partial charge in [0, 0.05) is 18.1 Å². The molecular formula is C17H22N2O3S. The molecule has 5 nitrogen and oxygen atoms in total. The summed E-state index contributed by atoms with van der Waals surface area (Å²) in [6.45, 7) is 3.81. The van der Waals surface area contributed by atoms with Crippen LogP contribution in [0.4, 0.5) is 0 Å². The summed E-state index contributed by atoms with van der Waals surface area (Å²) >= 11 is 0. The fourth-order valence-electron chi connectivity index (χ4n) is 3.34. The first-order chi connectivity index (χ1) is 10.8. The van der Waals surface area contributed by atoms with Gasteiger partial charge in [0.25, 0.3) is 0 Å². The zero-order chi connectivity index (χ0) is 16.7. The number of aromatic nitrogens is 1. The van der Waals surface area contributed by atoms with Crippen molar-refractivity contribution in [2.45, 2.75) is 44.1 Å². The molecule has 0 saturated carbocycles. The zero-order valence-corrected chi connectivity index (χ0v) is 14.3. The minimum atomic E-state index is -3.50. The number of pyridine rings is 1. The van der Waals surface area contributed by atoms with Crippen LogP contribution in [0, 0.1) is 0 Å². The number of para-hydroxylation sites is 1. The van der Waals surface area contributed by atoms with Crippen molar-refractivity contribution < 1.29 is 13.5 Å². The summed E-state index contributed by atoms with van der Waals surface area (Å²) in [5.41, 5.74) is 0.377. The van der Waals surface area contributed by atoms with Crippen molar-refractivity contribution in [3.63, 3.8) is 0 Å². The highest BCUT2D eigenvalue weighted by molar-refractivity contribution is 7.88. The molecule has 1 aromatic carbocycles. The first-order valence-corrected chi connectivity index (χ1v) is 9.44. The van der Waals surface area contributed by atoms with Gasteiger partial charge in [-0.3, -0.25) is 4.98 Å². The molecule has 1 saturated heterocycles. The smallest absolute Gasteiger partial charge is 0.218 e. The standard InChI is InChI=1S/C17H22N2O3S/c1-17(2,20)15-9-5-11-19(15)23(21,22)12-14-7-3-6-13-8-4-10-18-16(13)14/h3-4,6-8,10,15,20H,5,9,11-12H2,1-2H3. The number of hydrogen-bond donors (Lipinski definition) is 1. The molecule has 0 amide bonds. The van der Waals surface area contributed by atoms with Gasteiger partial charge in [-0.15, -0.1) is 0 Å². The molecule has 124 valence electrons. The van der Waals surface area contributed by atoms with Crippen LogP contribution in [0.25, 0.3) is 10.9 Å². The molecule has 23 heavy (non-hydrogen) atoms. The molecule has 0 bridgehead atoms. The summed E-state index contributed by atoms with van der Waals surface area (Å²) in [5.74, 6) is -0.0894. The van der Waals surface area contributed by atoms with E-state index in [0.717, 1.165) is 17.3 Å². The second-order valence-electron chi connectivity index (χ2n) is 6.67. The van der Waals surface area contributed by atoms with E-state index in [9.17, 15) is 13.5 Å². The van der Waals surface area contributed by atoms with Crippen LogP contribution in [0.15, 0.2) is 36.5 Å². The topological polar surface area (TPSA) is 70.5 Å². The SMILES string of the molecule is CC(C)(O)C1CCCN1S(=O)(=O)Cc1cccc2cccnc12. The van der Waals surface area contributed by atoms with Gasteiger partial charge in [-0.2, -0.15) is 4.31 Å². The van der Waals surface area contributed by atoms with Gasteiger partial charge in [0.1, 0.15) is 0 Å². The Morgan fingerprint density at radius 2 is 2.04 bits per heavy atom. The summed E-state index contributed by atoms with van der Waals surface area (Å²) in [4.78, 5) is 4.33. The Kier molecular flexibility index (Phi) is 4.16. The average molecular weight is 334 g/mol. The van der Waals surface area contributed by atoms with E-state index in [2.05, 4.69) is 4.98 Å². The van der Waals surface area contributed by atoms with Crippen molar-refractivity contribution in [1.29, 1.82) is 0 Å². The summed E-state index contributed by atoms with van der Waals surface area (Å²) in [6.07, 6.45) is 3.14. The number of fused-ring (bicyclic) bond motifs is 1. The molecule has 1 fully saturated rings. The van der Waals surface area contributed by atoms with Crippen molar-refractivity contribution in [2.24, 2.45) is 0 Å². The van der Waals surface area contributed by atoms with E-state index in [0.29, 0.717) is 18.5 Å². The number of rotatable bonds is 4. The molecule has 2 heterocycles. The lowest BCUT2D eigenvalue weighted by molar-refractivity contribution is 0.0214. The lowest BCUT2D eigenvalue weighted by Gasteiger charge is -2.33. The van der Waals surface area contributed by atoms with E-state index >= 15 is 0 Å². The number of nitrogens with zero attached hydrogens (tertiary/aromatic N) is 2. The second kappa shape index (κ2) is 5.85. The van der Waals surface area contributed by atoms with Gasteiger partial charge in [-0.05, 0) is 38.3 Å². The van der Waals surface area contributed by atoms with Gasteiger partial charge in [-0.1, -0.05) is 24.3 Å². The Morgan fingerprint density at radius 3 is 2.78 bits per heavy atom. The quantitative estimate of drug-likeness (QED) is 0.931. The van der Waals surface area contributed by atoms with Gasteiger partial charge in [-0.25, -0.2) is 8.42 Å². The third kappa shape index (κ3) is 3.24. The van der Waals surface area contributed by atoms with Crippen LogP contribution < -0.4 is 0 Å². The van der Waals surface area contributed by atoms with E-state index in [1.54, 1.807) is 20.0 Å². The van der Waals surface area contributed by atoms with Crippen LogP contribution >= 0.6 is 0 Å². The van der Waals surface area contributed by atoms with Gasteiger partial charge in [0.2, 0.25) is 10.0 Å². The van der Waals surface area contributed by atoms with Gasteiger partial charge >= 0.3 is 0 Å². The summed E-state index contributed by atoms with van der Waals surface area (Å²) in [6, 6.07) is 8.98. The maximum Gasteiger partial charge on any atom is 0.218 e. The molecule has 1 unspecified atom stereocenters. The number of aliphatic hydroxyl groups is 1. The summed E-state index contributed by atoms with van der Waals surface area (Å²) in [5, 5.41) is 11.2. The first kappa shape index (κ1) is 16.4. The molecule has 2 aromatic rings.